The van der Waals surface area contributed by atoms with E-state index in [9.17, 15) is 8.78 Å². The van der Waals surface area contributed by atoms with Crippen molar-refractivity contribution in [3.63, 3.8) is 0 Å². The Bertz CT molecular complexity index is 209. The Balaban J connectivity index is 2.58. The number of hydrogen-bond acceptors (Lipinski definition) is 2. The summed E-state index contributed by atoms with van der Waals surface area (Å²) in [6, 6.07) is 0. The molecular formula is C6H6F2NS. The van der Waals surface area contributed by atoms with Gasteiger partial charge in [-0.3, -0.25) is 0 Å². The molecule has 0 saturated carbocycles. The molecule has 0 fully saturated rings. The Labute approximate surface area is 61.7 Å². The molecule has 0 bridgehead atoms. The second kappa shape index (κ2) is 3.05. The van der Waals surface area contributed by atoms with Gasteiger partial charge in [-0.25, -0.2) is 13.8 Å². The van der Waals surface area contributed by atoms with Gasteiger partial charge in [0.25, 0.3) is 0 Å². The Morgan fingerprint density at radius 2 is 2.40 bits per heavy atom. The maximum Gasteiger partial charge on any atom is 0.247 e. The van der Waals surface area contributed by atoms with E-state index in [-0.39, 0.29) is 0 Å². The number of thiazole rings is 1. The van der Waals surface area contributed by atoms with Crippen LogP contribution < -0.4 is 0 Å². The van der Waals surface area contributed by atoms with E-state index in [0.717, 1.165) is 11.4 Å². The second-order valence-electron chi connectivity index (χ2n) is 1.78. The van der Waals surface area contributed by atoms with Crippen molar-refractivity contribution in [1.29, 1.82) is 0 Å². The van der Waals surface area contributed by atoms with Crippen molar-refractivity contribution in [3.05, 3.63) is 22.5 Å². The average molecular weight is 162 g/mol. The highest BCUT2D eigenvalue weighted by molar-refractivity contribution is 7.11. The van der Waals surface area contributed by atoms with Crippen molar-refractivity contribution in [2.75, 3.05) is 0 Å². The lowest BCUT2D eigenvalue weighted by Crippen LogP contribution is -1.89. The van der Waals surface area contributed by atoms with Gasteiger partial charge in [-0.2, -0.15) is 0 Å². The van der Waals surface area contributed by atoms with Crippen molar-refractivity contribution in [1.82, 2.24) is 4.98 Å². The Kier molecular flexibility index (Phi) is 2.32. The molecule has 1 aromatic heterocycles. The fourth-order valence-corrected chi connectivity index (χ4v) is 1.30. The first-order valence-corrected chi connectivity index (χ1v) is 3.55. The molecule has 1 heterocycles. The molecule has 1 rings (SSSR count). The molecule has 0 atom stereocenters. The lowest BCUT2D eigenvalue weighted by molar-refractivity contribution is 0.189. The highest BCUT2D eigenvalue weighted by Crippen LogP contribution is 2.16. The molecule has 0 amide bonds. The number of hydrogen-bond donors (Lipinski definition) is 0. The van der Waals surface area contributed by atoms with Crippen LogP contribution in [0, 0.1) is 13.3 Å². The Hall–Kier alpha value is -0.510. The third-order valence-corrected chi connectivity index (χ3v) is 1.81. The van der Waals surface area contributed by atoms with Crippen molar-refractivity contribution in [2.24, 2.45) is 0 Å². The summed E-state index contributed by atoms with van der Waals surface area (Å²) in [7, 11) is 0. The molecular weight excluding hydrogens is 156 g/mol. The van der Waals surface area contributed by atoms with Crippen LogP contribution in [0.25, 0.3) is 0 Å². The van der Waals surface area contributed by atoms with Crippen LogP contribution in [0.4, 0.5) is 8.78 Å². The molecule has 0 spiro atoms. The van der Waals surface area contributed by atoms with Crippen LogP contribution >= 0.6 is 11.3 Å². The number of aryl methyl sites for hydroxylation is 1. The minimum atomic E-state index is -2.38. The van der Waals surface area contributed by atoms with E-state index in [0.29, 0.717) is 4.88 Å². The SMILES string of the molecule is Cc1ncc([CH]C(F)F)s1. The minimum Gasteiger partial charge on any atom is -0.250 e. The van der Waals surface area contributed by atoms with Crippen LogP contribution in [0.2, 0.25) is 0 Å². The van der Waals surface area contributed by atoms with E-state index in [1.54, 1.807) is 6.92 Å². The normalized spacial score (nSPS) is 10.8. The van der Waals surface area contributed by atoms with Gasteiger partial charge in [0.15, 0.2) is 0 Å². The van der Waals surface area contributed by atoms with Crippen molar-refractivity contribution >= 4 is 11.3 Å². The Morgan fingerprint density at radius 1 is 1.70 bits per heavy atom. The van der Waals surface area contributed by atoms with E-state index >= 15 is 0 Å². The molecule has 1 aromatic rings. The fourth-order valence-electron chi connectivity index (χ4n) is 0.579. The molecule has 4 heteroatoms. The minimum absolute atomic E-state index is 0.535. The van der Waals surface area contributed by atoms with Gasteiger partial charge in [-0.1, -0.05) is 0 Å². The first-order chi connectivity index (χ1) is 4.68. The summed E-state index contributed by atoms with van der Waals surface area (Å²) in [5, 5.41) is 0.812. The number of aromatic nitrogens is 1. The molecule has 55 valence electrons. The van der Waals surface area contributed by atoms with Crippen LogP contribution in [-0.2, 0) is 0 Å². The topological polar surface area (TPSA) is 12.9 Å². The maximum atomic E-state index is 11.7. The average Bonchev–Trinajstić information content (AvgIpc) is 2.13. The van der Waals surface area contributed by atoms with Crippen LogP contribution in [0.3, 0.4) is 0 Å². The van der Waals surface area contributed by atoms with Crippen molar-refractivity contribution in [2.45, 2.75) is 13.3 Å². The largest absolute Gasteiger partial charge is 0.250 e. The summed E-state index contributed by atoms with van der Waals surface area (Å²) in [4.78, 5) is 4.36. The summed E-state index contributed by atoms with van der Waals surface area (Å²) < 4.78 is 23.3. The van der Waals surface area contributed by atoms with Crippen LogP contribution in [0.15, 0.2) is 6.20 Å². The molecule has 0 aromatic carbocycles. The van der Waals surface area contributed by atoms with Crippen LogP contribution in [0.1, 0.15) is 9.88 Å². The van der Waals surface area contributed by atoms with Crippen molar-refractivity contribution in [3.8, 4) is 0 Å². The van der Waals surface area contributed by atoms with Gasteiger partial charge in [0.05, 0.1) is 11.4 Å². The van der Waals surface area contributed by atoms with E-state index in [1.807, 2.05) is 0 Å². The summed E-state index contributed by atoms with van der Waals surface area (Å²) in [5.74, 6) is 0. The molecule has 0 aliphatic rings. The van der Waals surface area contributed by atoms with Gasteiger partial charge in [-0.15, -0.1) is 11.3 Å². The number of halogens is 2. The third kappa shape index (κ3) is 2.02. The standard InChI is InChI=1S/C6H6F2NS/c1-4-9-3-5(10-4)2-6(7)8/h2-3,6H,1H3. The fraction of sp³-hybridized carbons (Fsp3) is 0.333. The van der Waals surface area contributed by atoms with Gasteiger partial charge in [0.1, 0.15) is 0 Å². The summed E-state index contributed by atoms with van der Waals surface area (Å²) in [6.07, 6.45) is -0.0311. The monoisotopic (exact) mass is 162 g/mol. The molecule has 0 N–H and O–H groups in total. The van der Waals surface area contributed by atoms with Gasteiger partial charge < -0.3 is 0 Å². The second-order valence-corrected chi connectivity index (χ2v) is 3.05. The summed E-state index contributed by atoms with van der Waals surface area (Å²) in [5.41, 5.74) is 0. The highest BCUT2D eigenvalue weighted by atomic mass is 32.1. The summed E-state index contributed by atoms with van der Waals surface area (Å²) >= 11 is 1.27. The van der Waals surface area contributed by atoms with E-state index in [2.05, 4.69) is 4.98 Å². The molecule has 1 nitrogen and oxygen atoms in total. The number of rotatable bonds is 2. The van der Waals surface area contributed by atoms with E-state index in [4.69, 9.17) is 0 Å². The van der Waals surface area contributed by atoms with Crippen LogP contribution in [-0.4, -0.2) is 11.4 Å². The van der Waals surface area contributed by atoms with Gasteiger partial charge >= 0.3 is 0 Å². The first-order valence-electron chi connectivity index (χ1n) is 2.74. The summed E-state index contributed by atoms with van der Waals surface area (Å²) in [6.45, 7) is 1.79. The molecule has 1 radical (unpaired) electrons. The van der Waals surface area contributed by atoms with E-state index in [1.165, 1.54) is 17.5 Å². The van der Waals surface area contributed by atoms with Crippen molar-refractivity contribution < 1.29 is 8.78 Å². The van der Waals surface area contributed by atoms with Gasteiger partial charge in [-0.05, 0) is 6.92 Å². The predicted octanol–water partition coefficient (Wildman–Crippen LogP) is 2.27. The quantitative estimate of drug-likeness (QED) is 0.650. The van der Waals surface area contributed by atoms with Crippen LogP contribution in [0.5, 0.6) is 0 Å². The maximum absolute atomic E-state index is 11.7. The molecule has 0 aliphatic carbocycles. The van der Waals surface area contributed by atoms with Gasteiger partial charge in [0.2, 0.25) is 6.43 Å². The number of nitrogens with zero attached hydrogens (tertiary/aromatic N) is 1. The van der Waals surface area contributed by atoms with E-state index < -0.39 is 6.43 Å². The molecule has 0 saturated heterocycles. The lowest BCUT2D eigenvalue weighted by Gasteiger charge is -1.90. The molecule has 0 unspecified atom stereocenters. The number of alkyl halides is 2. The molecule has 10 heavy (non-hydrogen) atoms. The molecule has 0 aliphatic heterocycles. The zero-order valence-electron chi connectivity index (χ0n) is 5.34. The lowest BCUT2D eigenvalue weighted by atomic mass is 10.4. The predicted molar refractivity (Wildman–Crippen MR) is 36.3 cm³/mol. The Morgan fingerprint density at radius 3 is 2.80 bits per heavy atom. The van der Waals surface area contributed by atoms with Gasteiger partial charge in [0, 0.05) is 11.1 Å². The zero-order valence-corrected chi connectivity index (χ0v) is 6.16. The highest BCUT2D eigenvalue weighted by Gasteiger charge is 2.06. The third-order valence-electron chi connectivity index (χ3n) is 0.929. The zero-order chi connectivity index (χ0) is 7.56. The smallest absolute Gasteiger partial charge is 0.247 e. The first kappa shape index (κ1) is 7.60.